The van der Waals surface area contributed by atoms with Crippen molar-refractivity contribution >= 4 is 27.6 Å². The van der Waals surface area contributed by atoms with Gasteiger partial charge in [0, 0.05) is 24.9 Å². The van der Waals surface area contributed by atoms with E-state index in [0.717, 1.165) is 9.87 Å². The van der Waals surface area contributed by atoms with E-state index in [1.807, 2.05) is 31.2 Å². The quantitative estimate of drug-likeness (QED) is 0.603. The molecule has 10 heteroatoms. The summed E-state index contributed by atoms with van der Waals surface area (Å²) < 4.78 is 36.6. The van der Waals surface area contributed by atoms with Crippen LogP contribution >= 0.6 is 0 Å². The summed E-state index contributed by atoms with van der Waals surface area (Å²) in [6.07, 6.45) is 3.18. The Morgan fingerprint density at radius 2 is 1.76 bits per heavy atom. The van der Waals surface area contributed by atoms with Gasteiger partial charge >= 0.3 is 10.2 Å². The second-order valence-electron chi connectivity index (χ2n) is 7.52. The molecule has 2 aromatic carbocycles. The Bertz CT molecular complexity index is 1340. The molecule has 170 valence electrons. The van der Waals surface area contributed by atoms with Crippen molar-refractivity contribution < 1.29 is 17.9 Å². The number of benzene rings is 2. The third kappa shape index (κ3) is 4.96. The summed E-state index contributed by atoms with van der Waals surface area (Å²) in [4.78, 5) is 12.9. The number of methoxy groups -OCH3 is 1. The van der Waals surface area contributed by atoms with Crippen LogP contribution in [0.4, 0.5) is 5.82 Å². The van der Waals surface area contributed by atoms with Crippen LogP contribution in [0.5, 0.6) is 5.75 Å². The van der Waals surface area contributed by atoms with Crippen LogP contribution < -0.4 is 10.1 Å². The Morgan fingerprint density at radius 1 is 1.06 bits per heavy atom. The average Bonchev–Trinajstić information content (AvgIpc) is 3.23. The molecule has 9 nitrogen and oxygen atoms in total. The van der Waals surface area contributed by atoms with Crippen molar-refractivity contribution in [2.45, 2.75) is 13.5 Å². The zero-order valence-electron chi connectivity index (χ0n) is 18.4. The Kier molecular flexibility index (Phi) is 6.01. The summed E-state index contributed by atoms with van der Waals surface area (Å²) >= 11 is 0. The van der Waals surface area contributed by atoms with Gasteiger partial charge in [-0.25, -0.2) is 4.31 Å². The van der Waals surface area contributed by atoms with E-state index in [0.29, 0.717) is 23.7 Å². The highest BCUT2D eigenvalue weighted by Crippen LogP contribution is 2.22. The molecule has 1 aliphatic heterocycles. The van der Waals surface area contributed by atoms with E-state index in [-0.39, 0.29) is 11.4 Å². The largest absolute Gasteiger partial charge is 0.497 e. The molecule has 0 radical (unpaired) electrons. The van der Waals surface area contributed by atoms with Gasteiger partial charge in [0.25, 0.3) is 5.91 Å². The van der Waals surface area contributed by atoms with Gasteiger partial charge < -0.3 is 10.1 Å². The highest BCUT2D eigenvalue weighted by atomic mass is 32.2. The van der Waals surface area contributed by atoms with Crippen molar-refractivity contribution in [1.29, 1.82) is 0 Å². The molecule has 1 N–H and O–H groups in total. The van der Waals surface area contributed by atoms with E-state index < -0.39 is 16.1 Å². The van der Waals surface area contributed by atoms with Gasteiger partial charge in [-0.3, -0.25) is 9.48 Å². The molecule has 0 atom stereocenters. The van der Waals surface area contributed by atoms with E-state index in [1.165, 1.54) is 25.8 Å². The van der Waals surface area contributed by atoms with Crippen molar-refractivity contribution in [2.24, 2.45) is 4.40 Å². The molecular formula is C23H23N5O4S. The Balaban J connectivity index is 1.54. The standard InChI is InChI=1S/C23H23N5O4S/c1-16-4-6-17(7-5-16)15-28-13-12-22(25-28)24-23(29)21-14-20(26-33(30,31)27(21)2)18-8-10-19(32-3)11-9-18/h4-14H,15H2,1-3H3,(H,24,25,29). The molecule has 2 heterocycles. The van der Waals surface area contributed by atoms with Gasteiger partial charge in [-0.05, 0) is 42.8 Å². The summed E-state index contributed by atoms with van der Waals surface area (Å²) in [5.74, 6) is 0.327. The maximum absolute atomic E-state index is 12.9. The minimum absolute atomic E-state index is 0.0658. The SMILES string of the molecule is COc1ccc(C2=NS(=O)(=O)N(C)C(C(=O)Nc3ccn(Cc4ccc(C)cc4)n3)=C2)cc1. The van der Waals surface area contributed by atoms with Crippen LogP contribution in [0.2, 0.25) is 0 Å². The minimum Gasteiger partial charge on any atom is -0.497 e. The van der Waals surface area contributed by atoms with Crippen LogP contribution in [0, 0.1) is 6.92 Å². The molecule has 0 aliphatic carbocycles. The van der Waals surface area contributed by atoms with Crippen molar-refractivity contribution in [3.05, 3.63) is 89.3 Å². The second kappa shape index (κ2) is 8.91. The number of ether oxygens (including phenoxy) is 1. The Hall–Kier alpha value is -3.92. The molecule has 0 bridgehead atoms. The number of allylic oxidation sites excluding steroid dienone is 1. The van der Waals surface area contributed by atoms with Crippen LogP contribution in [-0.2, 0) is 21.5 Å². The molecular weight excluding hydrogens is 442 g/mol. The number of likely N-dealkylation sites (N-methyl/N-ethyl adjacent to an activating group) is 1. The average molecular weight is 466 g/mol. The molecule has 0 fully saturated rings. The van der Waals surface area contributed by atoms with Gasteiger partial charge in [-0.1, -0.05) is 29.8 Å². The predicted octanol–water partition coefficient (Wildman–Crippen LogP) is 2.75. The first-order chi connectivity index (χ1) is 15.7. The molecule has 1 aromatic heterocycles. The number of rotatable bonds is 6. The molecule has 0 spiro atoms. The predicted molar refractivity (Wildman–Crippen MR) is 125 cm³/mol. The van der Waals surface area contributed by atoms with Crippen LogP contribution in [0.25, 0.3) is 0 Å². The van der Waals surface area contributed by atoms with Crippen molar-refractivity contribution in [3.8, 4) is 5.75 Å². The number of carbonyl (C=O) groups is 1. The van der Waals surface area contributed by atoms with Crippen LogP contribution in [0.3, 0.4) is 0 Å². The third-order valence-corrected chi connectivity index (χ3v) is 6.45. The van der Waals surface area contributed by atoms with Gasteiger partial charge in [0.05, 0.1) is 19.4 Å². The van der Waals surface area contributed by atoms with E-state index in [9.17, 15) is 13.2 Å². The van der Waals surface area contributed by atoms with E-state index in [4.69, 9.17) is 4.74 Å². The van der Waals surface area contributed by atoms with E-state index in [1.54, 1.807) is 41.2 Å². The van der Waals surface area contributed by atoms with Gasteiger partial charge in [0.1, 0.15) is 11.4 Å². The molecule has 0 saturated heterocycles. The van der Waals surface area contributed by atoms with E-state index in [2.05, 4.69) is 14.8 Å². The summed E-state index contributed by atoms with van der Waals surface area (Å²) in [7, 11) is -1.24. The first-order valence-corrected chi connectivity index (χ1v) is 11.5. The number of nitrogens with one attached hydrogen (secondary N) is 1. The maximum Gasteiger partial charge on any atom is 0.345 e. The van der Waals surface area contributed by atoms with Gasteiger partial charge in [-0.2, -0.15) is 13.5 Å². The fourth-order valence-electron chi connectivity index (χ4n) is 3.24. The molecule has 3 aromatic rings. The number of aryl methyl sites for hydroxylation is 1. The Labute approximate surface area is 192 Å². The summed E-state index contributed by atoms with van der Waals surface area (Å²) in [6.45, 7) is 2.56. The highest BCUT2D eigenvalue weighted by Gasteiger charge is 2.30. The Morgan fingerprint density at radius 3 is 2.42 bits per heavy atom. The highest BCUT2D eigenvalue weighted by molar-refractivity contribution is 7.88. The fourth-order valence-corrected chi connectivity index (χ4v) is 4.15. The van der Waals surface area contributed by atoms with Crippen molar-refractivity contribution in [3.63, 3.8) is 0 Å². The van der Waals surface area contributed by atoms with Gasteiger partial charge in [0.2, 0.25) is 0 Å². The molecule has 4 rings (SSSR count). The smallest absolute Gasteiger partial charge is 0.345 e. The zero-order chi connectivity index (χ0) is 23.6. The maximum atomic E-state index is 12.9. The van der Waals surface area contributed by atoms with Crippen LogP contribution in [-0.4, -0.2) is 48.3 Å². The van der Waals surface area contributed by atoms with Crippen molar-refractivity contribution in [2.75, 3.05) is 19.5 Å². The number of aromatic nitrogens is 2. The number of amides is 1. The van der Waals surface area contributed by atoms with Crippen LogP contribution in [0.1, 0.15) is 16.7 Å². The third-order valence-electron chi connectivity index (χ3n) is 5.14. The molecule has 0 saturated carbocycles. The summed E-state index contributed by atoms with van der Waals surface area (Å²) in [5.41, 5.74) is 2.88. The summed E-state index contributed by atoms with van der Waals surface area (Å²) in [5, 5.41) is 7.03. The number of hydrogen-bond acceptors (Lipinski definition) is 5. The lowest BCUT2D eigenvalue weighted by Gasteiger charge is -2.23. The number of anilines is 1. The number of hydrogen-bond donors (Lipinski definition) is 1. The van der Waals surface area contributed by atoms with Crippen LogP contribution in [0.15, 0.2) is 77.0 Å². The zero-order valence-corrected chi connectivity index (χ0v) is 19.2. The molecule has 0 unspecified atom stereocenters. The summed E-state index contributed by atoms with van der Waals surface area (Å²) in [6, 6.07) is 16.5. The monoisotopic (exact) mass is 465 g/mol. The van der Waals surface area contributed by atoms with Crippen molar-refractivity contribution in [1.82, 2.24) is 14.1 Å². The lowest BCUT2D eigenvalue weighted by atomic mass is 10.1. The topological polar surface area (TPSA) is 106 Å². The van der Waals surface area contributed by atoms with E-state index >= 15 is 0 Å². The molecule has 1 amide bonds. The normalized spacial score (nSPS) is 14.9. The molecule has 1 aliphatic rings. The lowest BCUT2D eigenvalue weighted by Crippen LogP contribution is -2.35. The van der Waals surface area contributed by atoms with Gasteiger partial charge in [0.15, 0.2) is 5.82 Å². The number of carbonyl (C=O) groups excluding carboxylic acids is 1. The first-order valence-electron chi connectivity index (χ1n) is 10.1. The minimum atomic E-state index is -4.06. The number of nitrogens with zero attached hydrogens (tertiary/aromatic N) is 4. The van der Waals surface area contributed by atoms with Gasteiger partial charge in [-0.15, -0.1) is 4.40 Å². The second-order valence-corrected chi connectivity index (χ2v) is 9.14. The first kappa shape index (κ1) is 22.3. The lowest BCUT2D eigenvalue weighted by molar-refractivity contribution is -0.113. The molecule has 33 heavy (non-hydrogen) atoms. The fraction of sp³-hybridized carbons (Fsp3) is 0.174.